The molecule has 2 aromatic carbocycles. The lowest BCUT2D eigenvalue weighted by Crippen LogP contribution is -2.45. The van der Waals surface area contributed by atoms with Crippen LogP contribution in [0.5, 0.6) is 0 Å². The molecule has 2 aromatic rings. The van der Waals surface area contributed by atoms with Crippen LogP contribution in [-0.2, 0) is 4.79 Å². The number of nitrogens with one attached hydrogen (secondary N) is 3. The van der Waals surface area contributed by atoms with E-state index < -0.39 is 29.6 Å². The van der Waals surface area contributed by atoms with Crippen LogP contribution in [0.2, 0.25) is 0 Å². The summed E-state index contributed by atoms with van der Waals surface area (Å²) in [6, 6.07) is 8.59. The second-order valence-electron chi connectivity index (χ2n) is 8.60. The Bertz CT molecular complexity index is 1070. The molecule has 2 heterocycles. The second-order valence-corrected chi connectivity index (χ2v) is 8.60. The molecule has 1 saturated heterocycles. The van der Waals surface area contributed by atoms with Crippen LogP contribution in [0.3, 0.4) is 0 Å². The van der Waals surface area contributed by atoms with Gasteiger partial charge in [0.15, 0.2) is 11.6 Å². The molecule has 0 bridgehead atoms. The summed E-state index contributed by atoms with van der Waals surface area (Å²) in [6.07, 6.45) is 4.05. The number of likely N-dealkylation sites (tertiary alicyclic amines) is 1. The zero-order valence-corrected chi connectivity index (χ0v) is 18.6. The van der Waals surface area contributed by atoms with Gasteiger partial charge in [-0.05, 0) is 80.2 Å². The van der Waals surface area contributed by atoms with Crippen LogP contribution in [-0.4, -0.2) is 43.0 Å². The van der Waals surface area contributed by atoms with Crippen LogP contribution in [0.1, 0.15) is 42.3 Å². The summed E-state index contributed by atoms with van der Waals surface area (Å²) in [5.74, 6) is -2.22. The summed E-state index contributed by atoms with van der Waals surface area (Å²) >= 11 is 0. The van der Waals surface area contributed by atoms with E-state index in [-0.39, 0.29) is 17.0 Å². The van der Waals surface area contributed by atoms with Crippen LogP contribution in [0.4, 0.5) is 18.0 Å². The molecule has 0 saturated carbocycles. The van der Waals surface area contributed by atoms with Crippen molar-refractivity contribution in [3.63, 3.8) is 0 Å². The molecule has 1 atom stereocenters. The molecule has 3 amide bonds. The Labute approximate surface area is 196 Å². The summed E-state index contributed by atoms with van der Waals surface area (Å²) in [4.78, 5) is 26.8. The molecule has 180 valence electrons. The lowest BCUT2D eigenvalue weighted by molar-refractivity contribution is -0.117. The minimum absolute atomic E-state index is 0.214. The number of hydrogen-bond acceptors (Lipinski definition) is 3. The number of halogens is 3. The Balaban J connectivity index is 1.24. The van der Waals surface area contributed by atoms with Crippen molar-refractivity contribution in [1.29, 1.82) is 0 Å². The predicted molar refractivity (Wildman–Crippen MR) is 121 cm³/mol. The fourth-order valence-electron chi connectivity index (χ4n) is 4.46. The van der Waals surface area contributed by atoms with E-state index in [1.165, 1.54) is 30.0 Å². The maximum Gasteiger partial charge on any atom is 0.319 e. The zero-order valence-electron chi connectivity index (χ0n) is 18.6. The second kappa shape index (κ2) is 10.7. The number of carbonyl (C=O) groups is 2. The third-order valence-corrected chi connectivity index (χ3v) is 6.35. The number of hydrogen-bond donors (Lipinski definition) is 3. The molecule has 9 heteroatoms. The number of rotatable bonds is 7. The molecule has 0 spiro atoms. The van der Waals surface area contributed by atoms with E-state index in [2.05, 4.69) is 20.9 Å². The topological polar surface area (TPSA) is 73.5 Å². The van der Waals surface area contributed by atoms with Gasteiger partial charge in [-0.25, -0.2) is 18.0 Å². The Morgan fingerprint density at radius 1 is 1.00 bits per heavy atom. The molecular formula is C25H27F3N4O2. The van der Waals surface area contributed by atoms with Crippen molar-refractivity contribution in [2.24, 2.45) is 0 Å². The van der Waals surface area contributed by atoms with Crippen LogP contribution in [0.15, 0.2) is 54.2 Å². The van der Waals surface area contributed by atoms with Gasteiger partial charge in [0.2, 0.25) is 0 Å². The molecule has 6 nitrogen and oxygen atoms in total. The standard InChI is InChI=1S/C25H27F3N4O2/c26-19-5-2-16(3-6-19)17-8-12-32(13-9-17)11-1-10-29-24(33)20-15-30-25(34)31-23(20)18-4-7-21(27)22(28)14-18/h2-7,14-15,17,23H,1,8-13H2,(H,29,33)(H2,30,31,34). The Hall–Kier alpha value is -3.33. The number of amides is 3. The first-order valence-corrected chi connectivity index (χ1v) is 11.4. The molecule has 1 unspecified atom stereocenters. The number of urea groups is 1. The van der Waals surface area contributed by atoms with Crippen molar-refractivity contribution in [1.82, 2.24) is 20.9 Å². The van der Waals surface area contributed by atoms with Gasteiger partial charge in [-0.1, -0.05) is 18.2 Å². The van der Waals surface area contributed by atoms with Gasteiger partial charge >= 0.3 is 6.03 Å². The quantitative estimate of drug-likeness (QED) is 0.538. The highest BCUT2D eigenvalue weighted by molar-refractivity contribution is 5.97. The van der Waals surface area contributed by atoms with Crippen molar-refractivity contribution in [3.05, 3.63) is 82.8 Å². The highest BCUT2D eigenvalue weighted by Gasteiger charge is 2.28. The van der Waals surface area contributed by atoms with Crippen LogP contribution in [0, 0.1) is 17.5 Å². The van der Waals surface area contributed by atoms with Gasteiger partial charge in [-0.15, -0.1) is 0 Å². The molecule has 4 rings (SSSR count). The molecule has 34 heavy (non-hydrogen) atoms. The highest BCUT2D eigenvalue weighted by atomic mass is 19.2. The molecule has 2 aliphatic rings. The van der Waals surface area contributed by atoms with Gasteiger partial charge in [-0.3, -0.25) is 4.79 Å². The average Bonchev–Trinajstić information content (AvgIpc) is 2.84. The van der Waals surface area contributed by atoms with Gasteiger partial charge in [0.1, 0.15) is 5.82 Å². The third kappa shape index (κ3) is 5.77. The summed E-state index contributed by atoms with van der Waals surface area (Å²) < 4.78 is 40.1. The minimum atomic E-state index is -1.05. The summed E-state index contributed by atoms with van der Waals surface area (Å²) in [7, 11) is 0. The van der Waals surface area contributed by atoms with Crippen molar-refractivity contribution in [2.45, 2.75) is 31.2 Å². The molecule has 0 radical (unpaired) electrons. The lowest BCUT2D eigenvalue weighted by atomic mass is 9.89. The fourth-order valence-corrected chi connectivity index (χ4v) is 4.46. The average molecular weight is 473 g/mol. The first kappa shape index (κ1) is 23.8. The van der Waals surface area contributed by atoms with E-state index in [0.29, 0.717) is 12.5 Å². The summed E-state index contributed by atoms with van der Waals surface area (Å²) in [5.41, 5.74) is 1.66. The van der Waals surface area contributed by atoms with E-state index in [9.17, 15) is 22.8 Å². The fraction of sp³-hybridized carbons (Fsp3) is 0.360. The van der Waals surface area contributed by atoms with Gasteiger partial charge in [-0.2, -0.15) is 0 Å². The van der Waals surface area contributed by atoms with Gasteiger partial charge in [0, 0.05) is 12.7 Å². The number of carbonyl (C=O) groups excluding carboxylic acids is 2. The van der Waals surface area contributed by atoms with E-state index in [0.717, 1.165) is 51.0 Å². The van der Waals surface area contributed by atoms with Crippen LogP contribution in [0.25, 0.3) is 0 Å². The maximum atomic E-state index is 13.7. The van der Waals surface area contributed by atoms with Crippen LogP contribution < -0.4 is 16.0 Å². The van der Waals surface area contributed by atoms with E-state index >= 15 is 0 Å². The first-order chi connectivity index (χ1) is 16.4. The predicted octanol–water partition coefficient (Wildman–Crippen LogP) is 3.73. The molecule has 1 fully saturated rings. The molecule has 0 aromatic heterocycles. The smallest absolute Gasteiger partial charge is 0.319 e. The Morgan fingerprint density at radius 2 is 1.71 bits per heavy atom. The normalized spacial score (nSPS) is 19.2. The Morgan fingerprint density at radius 3 is 2.41 bits per heavy atom. The van der Waals surface area contributed by atoms with Gasteiger partial charge in [0.05, 0.1) is 11.6 Å². The van der Waals surface area contributed by atoms with E-state index in [4.69, 9.17) is 0 Å². The van der Waals surface area contributed by atoms with Crippen molar-refractivity contribution < 1.29 is 22.8 Å². The third-order valence-electron chi connectivity index (χ3n) is 6.35. The summed E-state index contributed by atoms with van der Waals surface area (Å²) in [5, 5.41) is 7.85. The summed E-state index contributed by atoms with van der Waals surface area (Å²) in [6.45, 7) is 3.15. The monoisotopic (exact) mass is 472 g/mol. The van der Waals surface area contributed by atoms with Crippen LogP contribution >= 0.6 is 0 Å². The maximum absolute atomic E-state index is 13.7. The first-order valence-electron chi connectivity index (χ1n) is 11.4. The van der Waals surface area contributed by atoms with Crippen molar-refractivity contribution in [2.75, 3.05) is 26.2 Å². The van der Waals surface area contributed by atoms with Gasteiger partial charge < -0.3 is 20.9 Å². The van der Waals surface area contributed by atoms with E-state index in [1.54, 1.807) is 0 Å². The molecule has 2 aliphatic heterocycles. The van der Waals surface area contributed by atoms with E-state index in [1.807, 2.05) is 12.1 Å². The lowest BCUT2D eigenvalue weighted by Gasteiger charge is -2.32. The number of piperidine rings is 1. The zero-order chi connectivity index (χ0) is 24.1. The van der Waals surface area contributed by atoms with Crippen molar-refractivity contribution in [3.8, 4) is 0 Å². The molecule has 0 aliphatic carbocycles. The Kier molecular flexibility index (Phi) is 7.52. The van der Waals surface area contributed by atoms with Crippen molar-refractivity contribution >= 4 is 11.9 Å². The molecular weight excluding hydrogens is 445 g/mol. The highest BCUT2D eigenvalue weighted by Crippen LogP contribution is 2.28. The minimum Gasteiger partial charge on any atom is -0.352 e. The van der Waals surface area contributed by atoms with Gasteiger partial charge in [0.25, 0.3) is 5.91 Å². The number of nitrogens with zero attached hydrogens (tertiary/aromatic N) is 1. The molecule has 3 N–H and O–H groups in total. The number of benzene rings is 2. The SMILES string of the molecule is O=C1NC=C(C(=O)NCCCN2CCC(c3ccc(F)cc3)CC2)C(c2ccc(F)c(F)c2)N1. The largest absolute Gasteiger partial charge is 0.352 e.